The van der Waals surface area contributed by atoms with E-state index in [-0.39, 0.29) is 22.2 Å². The van der Waals surface area contributed by atoms with E-state index in [9.17, 15) is 14.4 Å². The van der Waals surface area contributed by atoms with E-state index < -0.39 is 23.4 Å². The van der Waals surface area contributed by atoms with E-state index in [2.05, 4.69) is 14.7 Å². The molecule has 2 heterocycles. The number of nitrogen functional groups attached to an aromatic ring is 1. The van der Waals surface area contributed by atoms with Crippen LogP contribution in [0.25, 0.3) is 0 Å². The maximum absolute atomic E-state index is 13.9. The number of nitrogens with one attached hydrogen (secondary N) is 1. The van der Waals surface area contributed by atoms with Crippen LogP contribution in [-0.2, 0) is 11.2 Å². The third-order valence-electron chi connectivity index (χ3n) is 5.02. The average molecular weight is 481 g/mol. The summed E-state index contributed by atoms with van der Waals surface area (Å²) in [5, 5.41) is 2.96. The number of nitrogens with zero attached hydrogens (tertiary/aromatic N) is 3. The second kappa shape index (κ2) is 10.0. The van der Waals surface area contributed by atoms with Crippen molar-refractivity contribution in [1.82, 2.24) is 14.7 Å². The van der Waals surface area contributed by atoms with Crippen LogP contribution in [-0.4, -0.2) is 32.6 Å². The van der Waals surface area contributed by atoms with E-state index in [4.69, 9.17) is 11.5 Å². The Balaban J connectivity index is 2.21. The van der Waals surface area contributed by atoms with Crippen molar-refractivity contribution in [2.24, 2.45) is 5.73 Å². The van der Waals surface area contributed by atoms with Gasteiger partial charge in [-0.25, -0.2) is 0 Å². The monoisotopic (exact) mass is 480 g/mol. The Bertz CT molecular complexity index is 1190. The molecule has 0 saturated heterocycles. The number of aromatic nitrogens is 2. The molecular formula is C24H28N6O3S. The van der Waals surface area contributed by atoms with E-state index >= 15 is 0 Å². The van der Waals surface area contributed by atoms with Gasteiger partial charge in [0.05, 0.1) is 5.69 Å². The molecule has 3 rings (SSSR count). The van der Waals surface area contributed by atoms with E-state index in [1.54, 1.807) is 36.7 Å². The second-order valence-corrected chi connectivity index (χ2v) is 9.53. The van der Waals surface area contributed by atoms with Gasteiger partial charge in [-0.2, -0.15) is 4.37 Å². The number of rotatable bonds is 7. The van der Waals surface area contributed by atoms with Crippen LogP contribution >= 0.6 is 11.5 Å². The molecular weight excluding hydrogens is 452 g/mol. The number of anilines is 2. The lowest BCUT2D eigenvalue weighted by atomic mass is 10.0. The second-order valence-electron chi connectivity index (χ2n) is 8.76. The van der Waals surface area contributed by atoms with Gasteiger partial charge in [-0.15, -0.1) is 0 Å². The van der Waals surface area contributed by atoms with Crippen molar-refractivity contribution in [2.45, 2.75) is 45.7 Å². The zero-order chi connectivity index (χ0) is 25.0. The van der Waals surface area contributed by atoms with E-state index in [1.807, 2.05) is 39.8 Å². The first-order valence-electron chi connectivity index (χ1n) is 10.7. The number of amides is 3. The summed E-state index contributed by atoms with van der Waals surface area (Å²) in [7, 11) is 0. The van der Waals surface area contributed by atoms with Gasteiger partial charge in [0.2, 0.25) is 5.91 Å². The van der Waals surface area contributed by atoms with Gasteiger partial charge in [0.15, 0.2) is 5.69 Å². The fraction of sp³-hybridized carbons (Fsp3) is 0.292. The van der Waals surface area contributed by atoms with Gasteiger partial charge in [0, 0.05) is 23.6 Å². The lowest BCUT2D eigenvalue weighted by molar-refractivity contribution is -0.123. The van der Waals surface area contributed by atoms with Crippen LogP contribution in [0.2, 0.25) is 0 Å². The zero-order valence-electron chi connectivity index (χ0n) is 19.5. The summed E-state index contributed by atoms with van der Waals surface area (Å²) in [6, 6.07) is 9.66. The maximum Gasteiger partial charge on any atom is 0.273 e. The predicted molar refractivity (Wildman–Crippen MR) is 133 cm³/mol. The smallest absolute Gasteiger partial charge is 0.273 e. The Morgan fingerprint density at radius 3 is 2.21 bits per heavy atom. The summed E-state index contributed by atoms with van der Waals surface area (Å²) < 4.78 is 3.96. The Hall–Kier alpha value is -3.79. The van der Waals surface area contributed by atoms with Gasteiger partial charge in [-0.05, 0) is 74.1 Å². The molecule has 0 aliphatic heterocycles. The van der Waals surface area contributed by atoms with Crippen molar-refractivity contribution in [3.05, 3.63) is 70.5 Å². The van der Waals surface area contributed by atoms with Crippen LogP contribution < -0.4 is 21.7 Å². The minimum Gasteiger partial charge on any atom is -0.395 e. The summed E-state index contributed by atoms with van der Waals surface area (Å²) in [5.41, 5.74) is 12.7. The number of aryl methyl sites for hydroxylation is 1. The lowest BCUT2D eigenvalue weighted by Crippen LogP contribution is -2.49. The Morgan fingerprint density at radius 2 is 1.71 bits per heavy atom. The number of hydrogen-bond donors (Lipinski definition) is 3. The molecule has 2 aromatic heterocycles. The number of pyridine rings is 1. The van der Waals surface area contributed by atoms with Crippen molar-refractivity contribution in [1.29, 1.82) is 0 Å². The fourth-order valence-corrected chi connectivity index (χ4v) is 4.16. The Morgan fingerprint density at radius 1 is 1.09 bits per heavy atom. The summed E-state index contributed by atoms with van der Waals surface area (Å²) in [6.45, 7) is 7.60. The SMILES string of the molecule is CCc1ccc(N(C(=O)c2snc(C(N)=O)c2N)C(C(=O)NC(C)(C)C)c2ccncc2)cc1. The third kappa shape index (κ3) is 5.40. The number of carbonyl (C=O) groups is 3. The zero-order valence-corrected chi connectivity index (χ0v) is 20.3. The highest BCUT2D eigenvalue weighted by molar-refractivity contribution is 7.09. The topological polar surface area (TPSA) is 144 Å². The first-order valence-corrected chi connectivity index (χ1v) is 11.5. The van der Waals surface area contributed by atoms with Gasteiger partial charge in [0.1, 0.15) is 10.9 Å². The lowest BCUT2D eigenvalue weighted by Gasteiger charge is -2.33. The minimum absolute atomic E-state index is 0.0241. The molecule has 178 valence electrons. The quantitative estimate of drug-likeness (QED) is 0.474. The van der Waals surface area contributed by atoms with Crippen LogP contribution in [0.3, 0.4) is 0 Å². The number of carbonyl (C=O) groups excluding carboxylic acids is 3. The Labute approximate surface area is 202 Å². The van der Waals surface area contributed by atoms with Crippen molar-refractivity contribution in [2.75, 3.05) is 10.6 Å². The van der Waals surface area contributed by atoms with E-state index in [1.165, 1.54) is 4.90 Å². The van der Waals surface area contributed by atoms with Crippen molar-refractivity contribution < 1.29 is 14.4 Å². The molecule has 0 aliphatic rings. The van der Waals surface area contributed by atoms with Crippen molar-refractivity contribution in [3.63, 3.8) is 0 Å². The summed E-state index contributed by atoms with van der Waals surface area (Å²) >= 11 is 0.770. The molecule has 1 atom stereocenters. The van der Waals surface area contributed by atoms with Gasteiger partial charge >= 0.3 is 0 Å². The molecule has 10 heteroatoms. The van der Waals surface area contributed by atoms with Crippen LogP contribution in [0.5, 0.6) is 0 Å². The molecule has 1 aromatic carbocycles. The molecule has 0 fully saturated rings. The molecule has 5 N–H and O–H groups in total. The molecule has 0 aliphatic carbocycles. The molecule has 0 radical (unpaired) electrons. The van der Waals surface area contributed by atoms with E-state index in [0.29, 0.717) is 11.3 Å². The highest BCUT2D eigenvalue weighted by Gasteiger charge is 2.37. The standard InChI is InChI=1S/C24H28N6O3S/c1-5-14-6-8-16(9-7-14)30(23(33)20-17(25)18(21(26)31)29-34-20)19(15-10-12-27-13-11-15)22(32)28-24(2,3)4/h6-13,19H,5,25H2,1-4H3,(H2,26,31)(H,28,32). The molecule has 34 heavy (non-hydrogen) atoms. The predicted octanol–water partition coefficient (Wildman–Crippen LogP) is 3.08. The van der Waals surface area contributed by atoms with Gasteiger partial charge in [-0.3, -0.25) is 24.3 Å². The van der Waals surface area contributed by atoms with Gasteiger partial charge in [-0.1, -0.05) is 19.1 Å². The van der Waals surface area contributed by atoms with Crippen LogP contribution in [0, 0.1) is 0 Å². The molecule has 0 spiro atoms. The number of primary amides is 1. The van der Waals surface area contributed by atoms with Crippen molar-refractivity contribution in [3.8, 4) is 0 Å². The largest absolute Gasteiger partial charge is 0.395 e. The van der Waals surface area contributed by atoms with Crippen LogP contribution in [0.15, 0.2) is 48.8 Å². The minimum atomic E-state index is -1.04. The summed E-state index contributed by atoms with van der Waals surface area (Å²) in [5.74, 6) is -1.79. The number of benzene rings is 1. The molecule has 0 saturated carbocycles. The first kappa shape index (κ1) is 24.8. The highest BCUT2D eigenvalue weighted by atomic mass is 32.1. The van der Waals surface area contributed by atoms with Gasteiger partial charge in [0.25, 0.3) is 11.8 Å². The third-order valence-corrected chi connectivity index (χ3v) is 5.87. The first-order chi connectivity index (χ1) is 16.0. The Kier molecular flexibility index (Phi) is 7.31. The van der Waals surface area contributed by atoms with Crippen LogP contribution in [0.4, 0.5) is 11.4 Å². The highest BCUT2D eigenvalue weighted by Crippen LogP contribution is 2.33. The van der Waals surface area contributed by atoms with E-state index in [0.717, 1.165) is 23.5 Å². The van der Waals surface area contributed by atoms with Crippen LogP contribution in [0.1, 0.15) is 65.0 Å². The van der Waals surface area contributed by atoms with Crippen molar-refractivity contribution >= 4 is 40.6 Å². The summed E-state index contributed by atoms with van der Waals surface area (Å²) in [6.07, 6.45) is 3.93. The maximum atomic E-state index is 13.9. The molecule has 1 unspecified atom stereocenters. The fourth-order valence-electron chi connectivity index (χ4n) is 3.42. The number of nitrogens with two attached hydrogens (primary N) is 2. The number of hydrogen-bond acceptors (Lipinski definition) is 7. The molecule has 3 amide bonds. The normalized spacial score (nSPS) is 12.1. The molecule has 3 aromatic rings. The summed E-state index contributed by atoms with van der Waals surface area (Å²) in [4.78, 5) is 44.6. The molecule has 0 bridgehead atoms. The molecule has 9 nitrogen and oxygen atoms in total. The van der Waals surface area contributed by atoms with Gasteiger partial charge < -0.3 is 16.8 Å². The average Bonchev–Trinajstić information content (AvgIpc) is 3.18.